The number of aromatic nitrogens is 2. The van der Waals surface area contributed by atoms with Crippen LogP contribution in [0.15, 0.2) is 23.7 Å². The van der Waals surface area contributed by atoms with Crippen molar-refractivity contribution >= 4 is 22.9 Å². The molecule has 1 amide bonds. The van der Waals surface area contributed by atoms with E-state index < -0.39 is 0 Å². The molecular formula is C17H22N4OS. The van der Waals surface area contributed by atoms with E-state index in [0.717, 1.165) is 49.0 Å². The van der Waals surface area contributed by atoms with Gasteiger partial charge in [-0.3, -0.25) is 9.78 Å². The number of pyridine rings is 1. The molecule has 122 valence electrons. The fourth-order valence-corrected chi connectivity index (χ4v) is 3.52. The van der Waals surface area contributed by atoms with Crippen LogP contribution in [0.4, 0.5) is 5.69 Å². The summed E-state index contributed by atoms with van der Waals surface area (Å²) in [7, 11) is 0. The molecule has 6 heteroatoms. The van der Waals surface area contributed by atoms with Gasteiger partial charge in [0.25, 0.3) is 0 Å². The minimum atomic E-state index is 0.183. The van der Waals surface area contributed by atoms with Gasteiger partial charge in [-0.1, -0.05) is 0 Å². The van der Waals surface area contributed by atoms with Gasteiger partial charge in [-0.15, -0.1) is 11.3 Å². The van der Waals surface area contributed by atoms with E-state index in [4.69, 9.17) is 0 Å². The van der Waals surface area contributed by atoms with Crippen LogP contribution in [0.5, 0.6) is 0 Å². The van der Waals surface area contributed by atoms with Crippen molar-refractivity contribution in [1.82, 2.24) is 14.9 Å². The van der Waals surface area contributed by atoms with E-state index in [1.54, 1.807) is 11.3 Å². The fraction of sp³-hybridized carbons (Fsp3) is 0.471. The van der Waals surface area contributed by atoms with Gasteiger partial charge >= 0.3 is 0 Å². The monoisotopic (exact) mass is 330 g/mol. The van der Waals surface area contributed by atoms with Crippen LogP contribution < -0.4 is 4.90 Å². The topological polar surface area (TPSA) is 49.3 Å². The first-order chi connectivity index (χ1) is 11.1. The highest BCUT2D eigenvalue weighted by molar-refractivity contribution is 7.09. The summed E-state index contributed by atoms with van der Waals surface area (Å²) in [6, 6.07) is 4.15. The molecule has 5 nitrogen and oxygen atoms in total. The van der Waals surface area contributed by atoms with Crippen molar-refractivity contribution < 1.29 is 4.79 Å². The number of carbonyl (C=O) groups is 1. The van der Waals surface area contributed by atoms with E-state index in [-0.39, 0.29) is 5.91 Å². The molecule has 0 aliphatic carbocycles. The zero-order valence-corrected chi connectivity index (χ0v) is 14.5. The lowest BCUT2D eigenvalue weighted by Gasteiger charge is -2.23. The summed E-state index contributed by atoms with van der Waals surface area (Å²) >= 11 is 1.60. The Balaban J connectivity index is 1.60. The largest absolute Gasteiger partial charge is 0.370 e. The standard InChI is InChI=1S/C17H22N4OS/c1-13-10-16(4-5-18-13)20-6-3-7-21(9-8-20)17(22)11-15-12-23-14(2)19-15/h4-5,10,12H,3,6-9,11H2,1-2H3. The Morgan fingerprint density at radius 3 is 2.87 bits per heavy atom. The molecule has 0 spiro atoms. The second-order valence-electron chi connectivity index (χ2n) is 5.91. The maximum atomic E-state index is 12.5. The molecule has 1 fully saturated rings. The van der Waals surface area contributed by atoms with Gasteiger partial charge in [0, 0.05) is 49.1 Å². The highest BCUT2D eigenvalue weighted by Crippen LogP contribution is 2.17. The minimum Gasteiger partial charge on any atom is -0.370 e. The number of hydrogen-bond donors (Lipinski definition) is 0. The van der Waals surface area contributed by atoms with Crippen LogP contribution in [0.25, 0.3) is 0 Å². The summed E-state index contributed by atoms with van der Waals surface area (Å²) in [6.07, 6.45) is 3.25. The number of rotatable bonds is 3. The first-order valence-electron chi connectivity index (χ1n) is 7.98. The average Bonchev–Trinajstić information content (AvgIpc) is 2.79. The normalized spacial score (nSPS) is 15.6. The van der Waals surface area contributed by atoms with Crippen molar-refractivity contribution in [3.63, 3.8) is 0 Å². The molecular weight excluding hydrogens is 308 g/mol. The second-order valence-corrected chi connectivity index (χ2v) is 6.97. The van der Waals surface area contributed by atoms with Gasteiger partial charge in [-0.2, -0.15) is 0 Å². The number of amides is 1. The number of hydrogen-bond acceptors (Lipinski definition) is 5. The molecule has 0 saturated carbocycles. The molecule has 0 radical (unpaired) electrons. The summed E-state index contributed by atoms with van der Waals surface area (Å²) in [4.78, 5) is 25.5. The average molecular weight is 330 g/mol. The van der Waals surface area contributed by atoms with Crippen molar-refractivity contribution in [1.29, 1.82) is 0 Å². The van der Waals surface area contributed by atoms with Gasteiger partial charge in [0.1, 0.15) is 0 Å². The molecule has 1 aliphatic heterocycles. The highest BCUT2D eigenvalue weighted by Gasteiger charge is 2.20. The lowest BCUT2D eigenvalue weighted by molar-refractivity contribution is -0.130. The maximum Gasteiger partial charge on any atom is 0.228 e. The summed E-state index contributed by atoms with van der Waals surface area (Å²) < 4.78 is 0. The molecule has 0 bridgehead atoms. The van der Waals surface area contributed by atoms with Crippen molar-refractivity contribution in [3.05, 3.63) is 40.1 Å². The molecule has 3 heterocycles. The van der Waals surface area contributed by atoms with Crippen LogP contribution in [-0.4, -0.2) is 47.0 Å². The quantitative estimate of drug-likeness (QED) is 0.867. The molecule has 2 aromatic rings. The molecule has 0 atom stereocenters. The molecule has 0 N–H and O–H groups in total. The van der Waals surface area contributed by atoms with E-state index in [2.05, 4.69) is 20.9 Å². The fourth-order valence-electron chi connectivity index (χ4n) is 2.91. The van der Waals surface area contributed by atoms with Crippen LogP contribution in [0.2, 0.25) is 0 Å². The van der Waals surface area contributed by atoms with E-state index in [0.29, 0.717) is 6.42 Å². The number of thiazole rings is 1. The van der Waals surface area contributed by atoms with Gasteiger partial charge in [-0.25, -0.2) is 4.98 Å². The first-order valence-corrected chi connectivity index (χ1v) is 8.86. The summed E-state index contributed by atoms with van der Waals surface area (Å²) in [6.45, 7) is 7.41. The van der Waals surface area contributed by atoms with Gasteiger partial charge < -0.3 is 9.80 Å². The second kappa shape index (κ2) is 7.08. The van der Waals surface area contributed by atoms with Gasteiger partial charge in [0.05, 0.1) is 17.1 Å². The summed E-state index contributed by atoms with van der Waals surface area (Å²) in [5.41, 5.74) is 3.11. The first kappa shape index (κ1) is 15.9. The Morgan fingerprint density at radius 1 is 1.26 bits per heavy atom. The molecule has 0 unspecified atom stereocenters. The summed E-state index contributed by atoms with van der Waals surface area (Å²) in [5, 5.41) is 3.00. The van der Waals surface area contributed by atoms with Crippen LogP contribution in [0.3, 0.4) is 0 Å². The van der Waals surface area contributed by atoms with Gasteiger partial charge in [0.15, 0.2) is 0 Å². The minimum absolute atomic E-state index is 0.183. The summed E-state index contributed by atoms with van der Waals surface area (Å²) in [5.74, 6) is 0.183. The predicted octanol–water partition coefficient (Wildman–Crippen LogP) is 2.44. The van der Waals surface area contributed by atoms with E-state index in [9.17, 15) is 4.79 Å². The molecule has 3 rings (SSSR count). The Hall–Kier alpha value is -1.95. The smallest absolute Gasteiger partial charge is 0.228 e. The zero-order valence-electron chi connectivity index (χ0n) is 13.7. The number of anilines is 1. The number of nitrogens with zero attached hydrogens (tertiary/aromatic N) is 4. The molecule has 23 heavy (non-hydrogen) atoms. The van der Waals surface area contributed by atoms with Crippen molar-refractivity contribution in [3.8, 4) is 0 Å². The number of carbonyl (C=O) groups excluding carboxylic acids is 1. The highest BCUT2D eigenvalue weighted by atomic mass is 32.1. The van der Waals surface area contributed by atoms with Crippen molar-refractivity contribution in [2.45, 2.75) is 26.7 Å². The zero-order chi connectivity index (χ0) is 16.2. The molecule has 0 aromatic carbocycles. The van der Waals surface area contributed by atoms with Crippen LogP contribution in [0, 0.1) is 13.8 Å². The van der Waals surface area contributed by atoms with Crippen LogP contribution >= 0.6 is 11.3 Å². The third-order valence-electron chi connectivity index (χ3n) is 4.09. The van der Waals surface area contributed by atoms with Crippen molar-refractivity contribution in [2.75, 3.05) is 31.1 Å². The Kier molecular flexibility index (Phi) is 4.91. The maximum absolute atomic E-state index is 12.5. The molecule has 1 aliphatic rings. The Morgan fingerprint density at radius 2 is 2.13 bits per heavy atom. The predicted molar refractivity (Wildman–Crippen MR) is 92.9 cm³/mol. The van der Waals surface area contributed by atoms with E-state index >= 15 is 0 Å². The van der Waals surface area contributed by atoms with Crippen LogP contribution in [-0.2, 0) is 11.2 Å². The SMILES string of the molecule is Cc1cc(N2CCCN(C(=O)Cc3csc(C)n3)CC2)ccn1. The lowest BCUT2D eigenvalue weighted by Crippen LogP contribution is -2.36. The van der Waals surface area contributed by atoms with Gasteiger partial charge in [0.2, 0.25) is 5.91 Å². The number of aryl methyl sites for hydroxylation is 2. The van der Waals surface area contributed by atoms with Crippen molar-refractivity contribution in [2.24, 2.45) is 0 Å². The Labute approximate surface area is 141 Å². The third kappa shape index (κ3) is 4.07. The van der Waals surface area contributed by atoms with E-state index in [1.807, 2.05) is 36.4 Å². The Bertz CT molecular complexity index is 685. The molecule has 2 aromatic heterocycles. The van der Waals surface area contributed by atoms with Gasteiger partial charge in [-0.05, 0) is 32.4 Å². The van der Waals surface area contributed by atoms with E-state index in [1.165, 1.54) is 5.69 Å². The lowest BCUT2D eigenvalue weighted by atomic mass is 10.3. The van der Waals surface area contributed by atoms with Crippen LogP contribution in [0.1, 0.15) is 22.8 Å². The third-order valence-corrected chi connectivity index (χ3v) is 4.92. The molecule has 1 saturated heterocycles.